The molecule has 0 fully saturated rings. The molecule has 0 aliphatic carbocycles. The van der Waals surface area contributed by atoms with Crippen LogP contribution >= 0.6 is 0 Å². The molecule has 0 spiro atoms. The van der Waals surface area contributed by atoms with Crippen LogP contribution in [0.15, 0.2) is 30.3 Å². The highest BCUT2D eigenvalue weighted by Crippen LogP contribution is 2.19. The van der Waals surface area contributed by atoms with Crippen LogP contribution in [0.2, 0.25) is 0 Å². The summed E-state index contributed by atoms with van der Waals surface area (Å²) in [6.45, 7) is 6.92. The Bertz CT molecular complexity index is 465. The standard InChI is InChI=1S/C15H21NO4/c1-11(13(17)18)16(15(2,3)4)14(19)20-10-12-8-6-5-7-9-12/h5-9,11H,10H2,1-4H3,(H,17,18). The molecule has 1 unspecified atom stereocenters. The lowest BCUT2D eigenvalue weighted by molar-refractivity contribution is -0.143. The fourth-order valence-electron chi connectivity index (χ4n) is 1.91. The van der Waals surface area contributed by atoms with Crippen molar-refractivity contribution in [3.8, 4) is 0 Å². The van der Waals surface area contributed by atoms with Crippen LogP contribution in [0.3, 0.4) is 0 Å². The summed E-state index contributed by atoms with van der Waals surface area (Å²) in [6.07, 6.45) is -0.628. The van der Waals surface area contributed by atoms with E-state index < -0.39 is 23.6 Å². The van der Waals surface area contributed by atoms with Crippen molar-refractivity contribution in [2.45, 2.75) is 45.9 Å². The topological polar surface area (TPSA) is 66.8 Å². The molecule has 5 heteroatoms. The molecule has 0 aliphatic heterocycles. The maximum absolute atomic E-state index is 12.1. The highest BCUT2D eigenvalue weighted by molar-refractivity contribution is 5.80. The van der Waals surface area contributed by atoms with Gasteiger partial charge in [0.1, 0.15) is 12.6 Å². The fourth-order valence-corrected chi connectivity index (χ4v) is 1.91. The molecule has 0 aromatic heterocycles. The zero-order valence-electron chi connectivity index (χ0n) is 12.3. The Hall–Kier alpha value is -2.04. The molecule has 110 valence electrons. The number of hydrogen-bond acceptors (Lipinski definition) is 3. The number of nitrogens with zero attached hydrogens (tertiary/aromatic N) is 1. The molecule has 0 bridgehead atoms. The summed E-state index contributed by atoms with van der Waals surface area (Å²) < 4.78 is 5.21. The van der Waals surface area contributed by atoms with Crippen LogP contribution < -0.4 is 0 Å². The van der Waals surface area contributed by atoms with E-state index in [1.165, 1.54) is 11.8 Å². The number of carbonyl (C=O) groups is 2. The second kappa shape index (κ2) is 6.41. The predicted octanol–water partition coefficient (Wildman–Crippen LogP) is 2.90. The average Bonchev–Trinajstić information content (AvgIpc) is 2.36. The van der Waals surface area contributed by atoms with Crippen LogP contribution in [-0.4, -0.2) is 33.6 Å². The van der Waals surface area contributed by atoms with Crippen molar-refractivity contribution >= 4 is 12.1 Å². The monoisotopic (exact) mass is 279 g/mol. The first kappa shape index (κ1) is 16.0. The van der Waals surface area contributed by atoms with E-state index in [-0.39, 0.29) is 6.61 Å². The summed E-state index contributed by atoms with van der Waals surface area (Å²) in [5, 5.41) is 9.10. The molecule has 0 aliphatic rings. The molecular weight excluding hydrogens is 258 g/mol. The summed E-state index contributed by atoms with van der Waals surface area (Å²) >= 11 is 0. The van der Waals surface area contributed by atoms with Crippen molar-refractivity contribution in [2.24, 2.45) is 0 Å². The van der Waals surface area contributed by atoms with Crippen LogP contribution in [0.25, 0.3) is 0 Å². The number of carboxylic acids is 1. The lowest BCUT2D eigenvalue weighted by atomic mass is 10.0. The van der Waals surface area contributed by atoms with Gasteiger partial charge in [0.05, 0.1) is 0 Å². The lowest BCUT2D eigenvalue weighted by Gasteiger charge is -2.37. The van der Waals surface area contributed by atoms with E-state index >= 15 is 0 Å². The van der Waals surface area contributed by atoms with Crippen molar-refractivity contribution < 1.29 is 19.4 Å². The van der Waals surface area contributed by atoms with Gasteiger partial charge in [-0.3, -0.25) is 4.90 Å². The third-order valence-electron chi connectivity index (χ3n) is 2.87. The van der Waals surface area contributed by atoms with Gasteiger partial charge in [-0.2, -0.15) is 0 Å². The van der Waals surface area contributed by atoms with Crippen molar-refractivity contribution in [1.82, 2.24) is 4.90 Å². The van der Waals surface area contributed by atoms with Crippen LogP contribution in [0.4, 0.5) is 4.79 Å². The maximum Gasteiger partial charge on any atom is 0.411 e. The van der Waals surface area contributed by atoms with E-state index in [1.54, 1.807) is 20.8 Å². The molecule has 1 aromatic carbocycles. The molecule has 1 N–H and O–H groups in total. The first-order chi connectivity index (χ1) is 9.23. The van der Waals surface area contributed by atoms with Gasteiger partial charge in [-0.05, 0) is 33.3 Å². The minimum absolute atomic E-state index is 0.124. The molecule has 1 atom stereocenters. The van der Waals surface area contributed by atoms with Gasteiger partial charge < -0.3 is 9.84 Å². The zero-order valence-corrected chi connectivity index (χ0v) is 12.3. The Kier molecular flexibility index (Phi) is 5.13. The summed E-state index contributed by atoms with van der Waals surface area (Å²) in [7, 11) is 0. The second-order valence-corrected chi connectivity index (χ2v) is 5.60. The average molecular weight is 279 g/mol. The number of benzene rings is 1. The Morgan fingerprint density at radius 2 is 1.80 bits per heavy atom. The number of rotatable bonds is 4. The smallest absolute Gasteiger partial charge is 0.411 e. The highest BCUT2D eigenvalue weighted by Gasteiger charge is 2.35. The molecule has 1 aromatic rings. The van der Waals surface area contributed by atoms with Gasteiger partial charge >= 0.3 is 12.1 Å². The minimum Gasteiger partial charge on any atom is -0.480 e. The zero-order chi connectivity index (χ0) is 15.3. The van der Waals surface area contributed by atoms with E-state index in [2.05, 4.69) is 0 Å². The fraction of sp³-hybridized carbons (Fsp3) is 0.467. The van der Waals surface area contributed by atoms with E-state index in [4.69, 9.17) is 9.84 Å². The number of carboxylic acid groups (broad SMARTS) is 1. The van der Waals surface area contributed by atoms with Crippen molar-refractivity contribution in [2.75, 3.05) is 0 Å². The summed E-state index contributed by atoms with van der Waals surface area (Å²) in [5.74, 6) is -1.06. The SMILES string of the molecule is CC(C(=O)O)N(C(=O)OCc1ccccc1)C(C)(C)C. The van der Waals surface area contributed by atoms with Gasteiger partial charge in [0.2, 0.25) is 0 Å². The first-order valence-electron chi connectivity index (χ1n) is 6.46. The lowest BCUT2D eigenvalue weighted by Crippen LogP contribution is -2.53. The molecule has 20 heavy (non-hydrogen) atoms. The molecule has 1 amide bonds. The van der Waals surface area contributed by atoms with Crippen LogP contribution in [0.5, 0.6) is 0 Å². The van der Waals surface area contributed by atoms with Crippen molar-refractivity contribution in [1.29, 1.82) is 0 Å². The predicted molar refractivity (Wildman–Crippen MR) is 75.3 cm³/mol. The van der Waals surface area contributed by atoms with Gasteiger partial charge in [0, 0.05) is 5.54 Å². The molecule has 5 nitrogen and oxygen atoms in total. The Morgan fingerprint density at radius 3 is 2.25 bits per heavy atom. The Morgan fingerprint density at radius 1 is 1.25 bits per heavy atom. The normalized spacial score (nSPS) is 12.6. The van der Waals surface area contributed by atoms with Crippen LogP contribution in [0.1, 0.15) is 33.3 Å². The quantitative estimate of drug-likeness (QED) is 0.920. The van der Waals surface area contributed by atoms with Gasteiger partial charge in [0.15, 0.2) is 0 Å². The van der Waals surface area contributed by atoms with E-state index in [9.17, 15) is 9.59 Å². The van der Waals surface area contributed by atoms with Gasteiger partial charge in [0.25, 0.3) is 0 Å². The molecule has 0 heterocycles. The minimum atomic E-state index is -1.06. The van der Waals surface area contributed by atoms with Crippen LogP contribution in [-0.2, 0) is 16.1 Å². The number of aliphatic carboxylic acids is 1. The summed E-state index contributed by atoms with van der Waals surface area (Å²) in [4.78, 5) is 24.5. The Balaban J connectivity index is 2.77. The maximum atomic E-state index is 12.1. The number of hydrogen-bond donors (Lipinski definition) is 1. The molecule has 1 rings (SSSR count). The summed E-state index contributed by atoms with van der Waals surface area (Å²) in [6, 6.07) is 8.32. The van der Waals surface area contributed by atoms with E-state index in [0.717, 1.165) is 5.56 Å². The largest absolute Gasteiger partial charge is 0.480 e. The van der Waals surface area contributed by atoms with E-state index in [1.807, 2.05) is 30.3 Å². The molecular formula is C15H21NO4. The van der Waals surface area contributed by atoms with Crippen molar-refractivity contribution in [3.05, 3.63) is 35.9 Å². The second-order valence-electron chi connectivity index (χ2n) is 5.60. The Labute approximate surface area is 119 Å². The molecule has 0 saturated carbocycles. The molecule has 0 saturated heterocycles. The first-order valence-corrected chi connectivity index (χ1v) is 6.46. The van der Waals surface area contributed by atoms with Gasteiger partial charge in [-0.25, -0.2) is 9.59 Å². The van der Waals surface area contributed by atoms with E-state index in [0.29, 0.717) is 0 Å². The number of ether oxygens (including phenoxy) is 1. The summed E-state index contributed by atoms with van der Waals surface area (Å²) in [5.41, 5.74) is 0.226. The van der Waals surface area contributed by atoms with Gasteiger partial charge in [-0.15, -0.1) is 0 Å². The third-order valence-corrected chi connectivity index (χ3v) is 2.87. The third kappa shape index (κ3) is 4.26. The highest BCUT2D eigenvalue weighted by atomic mass is 16.6. The van der Waals surface area contributed by atoms with Crippen LogP contribution in [0, 0.1) is 0 Å². The molecule has 0 radical (unpaired) electrons. The number of amides is 1. The van der Waals surface area contributed by atoms with Gasteiger partial charge in [-0.1, -0.05) is 30.3 Å². The van der Waals surface area contributed by atoms with Crippen molar-refractivity contribution in [3.63, 3.8) is 0 Å². The number of carbonyl (C=O) groups excluding carboxylic acids is 1.